The number of nitrogens with zero attached hydrogens (tertiary/aromatic N) is 3. The summed E-state index contributed by atoms with van der Waals surface area (Å²) < 4.78 is 38.5. The Bertz CT molecular complexity index is 1150. The van der Waals surface area contributed by atoms with Crippen molar-refractivity contribution in [3.05, 3.63) is 53.6 Å². The summed E-state index contributed by atoms with van der Waals surface area (Å²) in [7, 11) is -2.20. The Kier molecular flexibility index (Phi) is 8.53. The molecule has 1 aliphatic heterocycles. The van der Waals surface area contributed by atoms with Crippen LogP contribution in [0.2, 0.25) is 0 Å². The van der Waals surface area contributed by atoms with E-state index in [1.54, 1.807) is 24.1 Å². The number of piperidine rings is 1. The average molecular weight is 486 g/mol. The molecule has 3 rings (SSSR count). The van der Waals surface area contributed by atoms with Crippen molar-refractivity contribution in [2.45, 2.75) is 38.1 Å². The third-order valence-electron chi connectivity index (χ3n) is 6.02. The molecule has 8 nitrogen and oxygen atoms in total. The number of benzene rings is 2. The highest BCUT2D eigenvalue weighted by atomic mass is 32.2. The largest absolute Gasteiger partial charge is 0.493 e. The number of rotatable bonds is 9. The number of carbonyl (C=O) groups is 1. The number of hydrogen-bond donors (Lipinski definition) is 0. The third-order valence-corrected chi connectivity index (χ3v) is 7.98. The van der Waals surface area contributed by atoms with Crippen LogP contribution in [0.5, 0.6) is 11.5 Å². The number of ether oxygens (including phenoxy) is 2. The van der Waals surface area contributed by atoms with E-state index in [0.717, 1.165) is 5.56 Å². The molecular formula is C25H31N3O5S. The van der Waals surface area contributed by atoms with E-state index in [0.29, 0.717) is 44.0 Å². The van der Waals surface area contributed by atoms with E-state index in [4.69, 9.17) is 9.47 Å². The van der Waals surface area contributed by atoms with Gasteiger partial charge >= 0.3 is 0 Å². The summed E-state index contributed by atoms with van der Waals surface area (Å²) in [6.07, 6.45) is 0.881. The van der Waals surface area contributed by atoms with Crippen LogP contribution >= 0.6 is 0 Å². The lowest BCUT2D eigenvalue weighted by Crippen LogP contribution is -2.44. The van der Waals surface area contributed by atoms with Gasteiger partial charge < -0.3 is 14.4 Å². The van der Waals surface area contributed by atoms with Gasteiger partial charge in [0.25, 0.3) is 0 Å². The smallest absolute Gasteiger partial charge is 0.244 e. The molecule has 0 unspecified atom stereocenters. The first-order valence-corrected chi connectivity index (χ1v) is 12.9. The summed E-state index contributed by atoms with van der Waals surface area (Å²) in [4.78, 5) is 15.0. The van der Waals surface area contributed by atoms with Gasteiger partial charge in [0.1, 0.15) is 6.07 Å². The third kappa shape index (κ3) is 5.51. The van der Waals surface area contributed by atoms with Crippen LogP contribution in [0.3, 0.4) is 0 Å². The van der Waals surface area contributed by atoms with Gasteiger partial charge in [0.05, 0.1) is 24.2 Å². The maximum Gasteiger partial charge on any atom is 0.244 e. The number of nitriles is 1. The number of sulfonamides is 1. The van der Waals surface area contributed by atoms with Crippen LogP contribution in [-0.4, -0.2) is 56.9 Å². The fourth-order valence-electron chi connectivity index (χ4n) is 4.18. The molecule has 34 heavy (non-hydrogen) atoms. The summed E-state index contributed by atoms with van der Waals surface area (Å²) in [5, 5.41) is 9.28. The number of amides is 1. The Hall–Kier alpha value is -3.09. The van der Waals surface area contributed by atoms with E-state index in [-0.39, 0.29) is 35.4 Å². The van der Waals surface area contributed by atoms with Crippen LogP contribution in [0.4, 0.5) is 0 Å². The molecule has 9 heteroatoms. The van der Waals surface area contributed by atoms with Gasteiger partial charge in [-0.05, 0) is 56.5 Å². The van der Waals surface area contributed by atoms with Crippen LogP contribution in [0.1, 0.15) is 37.8 Å². The molecule has 0 bridgehead atoms. The molecular weight excluding hydrogens is 454 g/mol. The van der Waals surface area contributed by atoms with Crippen LogP contribution in [0.25, 0.3) is 0 Å². The molecule has 2 aromatic rings. The van der Waals surface area contributed by atoms with Gasteiger partial charge in [-0.15, -0.1) is 0 Å². The summed E-state index contributed by atoms with van der Waals surface area (Å²) in [5.41, 5.74) is 1.06. The molecule has 1 aliphatic rings. The average Bonchev–Trinajstić information content (AvgIpc) is 2.87. The highest BCUT2D eigenvalue weighted by Gasteiger charge is 2.34. The van der Waals surface area contributed by atoms with Crippen molar-refractivity contribution in [2.75, 3.05) is 33.4 Å². The Balaban J connectivity index is 1.66. The second kappa shape index (κ2) is 11.4. The van der Waals surface area contributed by atoms with Gasteiger partial charge in [-0.1, -0.05) is 18.2 Å². The molecule has 0 aliphatic carbocycles. The lowest BCUT2D eigenvalue weighted by atomic mass is 9.96. The summed E-state index contributed by atoms with van der Waals surface area (Å²) in [5.74, 6) is 1.06. The monoisotopic (exact) mass is 485 g/mol. The summed E-state index contributed by atoms with van der Waals surface area (Å²) in [6.45, 7) is 5.84. The molecule has 1 fully saturated rings. The van der Waals surface area contributed by atoms with Crippen molar-refractivity contribution in [2.24, 2.45) is 5.92 Å². The minimum absolute atomic E-state index is 0.0157. The second-order valence-electron chi connectivity index (χ2n) is 8.06. The number of methoxy groups -OCH3 is 1. The van der Waals surface area contributed by atoms with Crippen molar-refractivity contribution in [3.63, 3.8) is 0 Å². The van der Waals surface area contributed by atoms with Crippen molar-refractivity contribution < 1.29 is 22.7 Å². The Morgan fingerprint density at radius 1 is 1.15 bits per heavy atom. The maximum atomic E-state index is 13.2. The molecule has 1 saturated heterocycles. The van der Waals surface area contributed by atoms with Crippen LogP contribution in [0.15, 0.2) is 47.4 Å². The zero-order valence-corrected chi connectivity index (χ0v) is 20.7. The molecule has 1 heterocycles. The van der Waals surface area contributed by atoms with Gasteiger partial charge in [0.2, 0.25) is 15.9 Å². The van der Waals surface area contributed by atoms with E-state index in [9.17, 15) is 18.5 Å². The zero-order chi connectivity index (χ0) is 24.7. The molecule has 0 N–H and O–H groups in total. The van der Waals surface area contributed by atoms with Crippen LogP contribution in [-0.2, 0) is 21.4 Å². The first kappa shape index (κ1) is 25.5. The summed E-state index contributed by atoms with van der Waals surface area (Å²) in [6, 6.07) is 13.8. The molecule has 0 spiro atoms. The fraction of sp³-hybridized carbons (Fsp3) is 0.440. The Morgan fingerprint density at radius 2 is 1.85 bits per heavy atom. The van der Waals surface area contributed by atoms with Gasteiger partial charge in [-0.3, -0.25) is 4.79 Å². The zero-order valence-electron chi connectivity index (χ0n) is 19.9. The molecule has 0 atom stereocenters. The van der Waals surface area contributed by atoms with Crippen LogP contribution < -0.4 is 9.47 Å². The van der Waals surface area contributed by atoms with Gasteiger partial charge in [0, 0.05) is 32.1 Å². The van der Waals surface area contributed by atoms with Gasteiger partial charge in [0.15, 0.2) is 11.5 Å². The number of hydrogen-bond acceptors (Lipinski definition) is 6. The van der Waals surface area contributed by atoms with Gasteiger partial charge in [-0.25, -0.2) is 8.42 Å². The first-order chi connectivity index (χ1) is 16.3. The lowest BCUT2D eigenvalue weighted by Gasteiger charge is -2.33. The Labute approximate surface area is 201 Å². The van der Waals surface area contributed by atoms with E-state index in [1.807, 2.05) is 38.1 Å². The quantitative estimate of drug-likeness (QED) is 0.540. The van der Waals surface area contributed by atoms with Crippen molar-refractivity contribution in [3.8, 4) is 17.6 Å². The minimum atomic E-state index is -3.78. The standard InChI is InChI=1S/C25H31N3O5S/c1-4-27(18-19-10-11-22(33-5-2)23(16-19)32-3)25(29)20-12-14-28(15-13-20)34(30,31)24-9-7-6-8-21(24)17-26/h6-11,16,20H,4-5,12-15,18H2,1-3H3. The van der Waals surface area contributed by atoms with E-state index in [1.165, 1.54) is 16.4 Å². The predicted molar refractivity (Wildman–Crippen MR) is 128 cm³/mol. The molecule has 0 radical (unpaired) electrons. The minimum Gasteiger partial charge on any atom is -0.493 e. The number of carbonyl (C=O) groups excluding carboxylic acids is 1. The van der Waals surface area contributed by atoms with E-state index >= 15 is 0 Å². The van der Waals surface area contributed by atoms with Crippen LogP contribution in [0, 0.1) is 17.2 Å². The van der Waals surface area contributed by atoms with E-state index < -0.39 is 10.0 Å². The highest BCUT2D eigenvalue weighted by Crippen LogP contribution is 2.30. The first-order valence-electron chi connectivity index (χ1n) is 11.4. The van der Waals surface area contributed by atoms with Crippen molar-refractivity contribution in [1.29, 1.82) is 5.26 Å². The van der Waals surface area contributed by atoms with Crippen molar-refractivity contribution >= 4 is 15.9 Å². The topological polar surface area (TPSA) is 99.9 Å². The second-order valence-corrected chi connectivity index (χ2v) is 9.96. The molecule has 1 amide bonds. The molecule has 0 aromatic heterocycles. The maximum absolute atomic E-state index is 13.2. The van der Waals surface area contributed by atoms with Crippen molar-refractivity contribution in [1.82, 2.24) is 9.21 Å². The Morgan fingerprint density at radius 3 is 2.47 bits per heavy atom. The van der Waals surface area contributed by atoms with Gasteiger partial charge in [-0.2, -0.15) is 9.57 Å². The molecule has 0 saturated carbocycles. The highest BCUT2D eigenvalue weighted by molar-refractivity contribution is 7.89. The molecule has 2 aromatic carbocycles. The SMILES string of the molecule is CCOc1ccc(CN(CC)C(=O)C2CCN(S(=O)(=O)c3ccccc3C#N)CC2)cc1OC. The normalized spacial score (nSPS) is 14.9. The lowest BCUT2D eigenvalue weighted by molar-refractivity contribution is -0.137. The van der Waals surface area contributed by atoms with E-state index in [2.05, 4.69) is 0 Å². The molecule has 182 valence electrons. The fourth-order valence-corrected chi connectivity index (χ4v) is 5.79. The summed E-state index contributed by atoms with van der Waals surface area (Å²) >= 11 is 0. The predicted octanol–water partition coefficient (Wildman–Crippen LogP) is 3.41.